The Kier molecular flexibility index (Phi) is 21.2. The number of carbonyl (C=O) groups is 1. The third-order valence-corrected chi connectivity index (χ3v) is 5.42. The molecule has 0 unspecified atom stereocenters. The van der Waals surface area contributed by atoms with Crippen LogP contribution < -0.4 is 11.1 Å². The van der Waals surface area contributed by atoms with Crippen molar-refractivity contribution in [1.29, 1.82) is 0 Å². The third kappa shape index (κ3) is 19.9. The molecule has 0 aliphatic heterocycles. The molecule has 0 amide bonds. The number of hydrogen-bond donors (Lipinski definition) is 3. The summed E-state index contributed by atoms with van der Waals surface area (Å²) in [5, 5.41) is 12.4. The number of rotatable bonds is 22. The Bertz CT molecular complexity index is 311. The van der Waals surface area contributed by atoms with Crippen LogP contribution in [0.5, 0.6) is 0 Å². The van der Waals surface area contributed by atoms with E-state index in [0.29, 0.717) is 13.0 Å². The first kappa shape index (κ1) is 26.4. The average molecular weight is 385 g/mol. The fraction of sp³-hybridized carbons (Fsp3) is 0.957. The van der Waals surface area contributed by atoms with Crippen molar-refractivity contribution in [2.75, 3.05) is 13.1 Å². The first-order valence-electron chi connectivity index (χ1n) is 11.9. The number of nitrogens with two attached hydrogens (primary N) is 1. The van der Waals surface area contributed by atoms with Gasteiger partial charge in [-0.15, -0.1) is 0 Å². The van der Waals surface area contributed by atoms with Crippen LogP contribution >= 0.6 is 0 Å². The van der Waals surface area contributed by atoms with Gasteiger partial charge < -0.3 is 16.2 Å². The van der Waals surface area contributed by atoms with Crippen LogP contribution in [0.4, 0.5) is 0 Å². The highest BCUT2D eigenvalue weighted by molar-refractivity contribution is 5.73. The lowest BCUT2D eigenvalue weighted by atomic mass is 10.0. The fourth-order valence-electron chi connectivity index (χ4n) is 3.58. The number of carboxylic acids is 1. The van der Waals surface area contributed by atoms with E-state index in [1.54, 1.807) is 0 Å². The molecule has 4 nitrogen and oxygen atoms in total. The zero-order valence-electron chi connectivity index (χ0n) is 18.2. The molecule has 4 N–H and O–H groups in total. The zero-order valence-corrected chi connectivity index (χ0v) is 18.2. The van der Waals surface area contributed by atoms with Crippen LogP contribution in [0, 0.1) is 0 Å². The number of nitrogens with one attached hydrogen (secondary N) is 1. The monoisotopic (exact) mass is 384 g/mol. The molecule has 0 aliphatic rings. The zero-order chi connectivity index (χ0) is 20.0. The van der Waals surface area contributed by atoms with Crippen LogP contribution in [0.3, 0.4) is 0 Å². The van der Waals surface area contributed by atoms with Crippen LogP contribution in [-0.4, -0.2) is 30.2 Å². The highest BCUT2D eigenvalue weighted by atomic mass is 16.4. The van der Waals surface area contributed by atoms with Gasteiger partial charge in [-0.1, -0.05) is 103 Å². The minimum absolute atomic E-state index is 0.400. The van der Waals surface area contributed by atoms with E-state index >= 15 is 0 Å². The number of hydrogen-bond acceptors (Lipinski definition) is 3. The van der Waals surface area contributed by atoms with Gasteiger partial charge in [0.1, 0.15) is 6.04 Å². The predicted molar refractivity (Wildman–Crippen MR) is 117 cm³/mol. The van der Waals surface area contributed by atoms with E-state index in [-0.39, 0.29) is 0 Å². The van der Waals surface area contributed by atoms with Crippen LogP contribution in [0.25, 0.3) is 0 Å². The second kappa shape index (κ2) is 21.7. The van der Waals surface area contributed by atoms with Crippen LogP contribution in [0.2, 0.25) is 0 Å². The molecule has 1 atom stereocenters. The van der Waals surface area contributed by atoms with Gasteiger partial charge in [-0.3, -0.25) is 4.79 Å². The minimum atomic E-state index is -0.729. The Labute approximate surface area is 169 Å². The SMILES string of the molecule is CCCCCCCCCCCCCCCCCN[C@@H](CCCCN)C(=O)O. The molecule has 4 heteroatoms. The van der Waals surface area contributed by atoms with Crippen molar-refractivity contribution in [1.82, 2.24) is 5.32 Å². The van der Waals surface area contributed by atoms with Gasteiger partial charge >= 0.3 is 5.97 Å². The quantitative estimate of drug-likeness (QED) is 0.199. The highest BCUT2D eigenvalue weighted by Crippen LogP contribution is 2.13. The largest absolute Gasteiger partial charge is 0.480 e. The highest BCUT2D eigenvalue weighted by Gasteiger charge is 2.15. The Hall–Kier alpha value is -0.610. The van der Waals surface area contributed by atoms with Crippen molar-refractivity contribution in [3.8, 4) is 0 Å². The molecule has 0 saturated carbocycles. The van der Waals surface area contributed by atoms with Gasteiger partial charge in [0.05, 0.1) is 0 Å². The first-order chi connectivity index (χ1) is 13.2. The maximum absolute atomic E-state index is 11.2. The molecular weight excluding hydrogens is 336 g/mol. The Morgan fingerprint density at radius 3 is 1.59 bits per heavy atom. The van der Waals surface area contributed by atoms with Gasteiger partial charge in [-0.2, -0.15) is 0 Å². The summed E-state index contributed by atoms with van der Waals surface area (Å²) in [6, 6.07) is -0.400. The molecule has 27 heavy (non-hydrogen) atoms. The van der Waals surface area contributed by atoms with E-state index in [2.05, 4.69) is 12.2 Å². The summed E-state index contributed by atoms with van der Waals surface area (Å²) in [6.07, 6.45) is 22.8. The van der Waals surface area contributed by atoms with Gasteiger partial charge in [0.2, 0.25) is 0 Å². The maximum Gasteiger partial charge on any atom is 0.320 e. The van der Waals surface area contributed by atoms with Gasteiger partial charge in [0.15, 0.2) is 0 Å². The first-order valence-corrected chi connectivity index (χ1v) is 11.9. The smallest absolute Gasteiger partial charge is 0.320 e. The van der Waals surface area contributed by atoms with E-state index in [1.807, 2.05) is 0 Å². The molecule has 0 bridgehead atoms. The van der Waals surface area contributed by atoms with Gasteiger partial charge in [-0.25, -0.2) is 0 Å². The average Bonchev–Trinajstić information content (AvgIpc) is 2.66. The van der Waals surface area contributed by atoms with Crippen molar-refractivity contribution in [2.24, 2.45) is 5.73 Å². The molecule has 0 aromatic carbocycles. The molecule has 0 aromatic heterocycles. The number of carboxylic acid groups (broad SMARTS) is 1. The summed E-state index contributed by atoms with van der Waals surface area (Å²) < 4.78 is 0. The lowest BCUT2D eigenvalue weighted by molar-refractivity contribution is -0.139. The molecule has 0 saturated heterocycles. The molecular formula is C23H48N2O2. The maximum atomic E-state index is 11.2. The predicted octanol–water partition coefficient (Wildman–Crippen LogP) is 6.03. The summed E-state index contributed by atoms with van der Waals surface area (Å²) in [4.78, 5) is 11.2. The van der Waals surface area contributed by atoms with E-state index in [0.717, 1.165) is 25.8 Å². The van der Waals surface area contributed by atoms with Crippen molar-refractivity contribution in [3.63, 3.8) is 0 Å². The summed E-state index contributed by atoms with van der Waals surface area (Å²) in [5.41, 5.74) is 5.46. The second-order valence-electron chi connectivity index (χ2n) is 8.08. The van der Waals surface area contributed by atoms with Gasteiger partial charge in [0, 0.05) is 0 Å². The van der Waals surface area contributed by atoms with Crippen LogP contribution in [0.1, 0.15) is 122 Å². The van der Waals surface area contributed by atoms with Crippen molar-refractivity contribution >= 4 is 5.97 Å². The normalized spacial score (nSPS) is 12.4. The molecule has 0 radical (unpaired) electrons. The lowest BCUT2D eigenvalue weighted by Crippen LogP contribution is -2.37. The van der Waals surface area contributed by atoms with E-state index in [9.17, 15) is 9.90 Å². The van der Waals surface area contributed by atoms with Crippen molar-refractivity contribution in [3.05, 3.63) is 0 Å². The number of unbranched alkanes of at least 4 members (excludes halogenated alkanes) is 15. The Balaban J connectivity index is 3.26. The molecule has 0 heterocycles. The molecule has 162 valence electrons. The van der Waals surface area contributed by atoms with Crippen LogP contribution in [0.15, 0.2) is 0 Å². The van der Waals surface area contributed by atoms with Gasteiger partial charge in [0.25, 0.3) is 0 Å². The molecule has 0 aromatic rings. The summed E-state index contributed by atoms with van der Waals surface area (Å²) in [7, 11) is 0. The molecule has 0 rings (SSSR count). The summed E-state index contributed by atoms with van der Waals surface area (Å²) in [6.45, 7) is 3.74. The standard InChI is InChI=1S/C23H48N2O2/c1-2-3-4-5-6-7-8-9-10-11-12-13-14-15-18-21-25-22(23(26)27)19-16-17-20-24/h22,25H,2-21,24H2,1H3,(H,26,27)/t22-/m0/s1. The number of aliphatic carboxylic acids is 1. The van der Waals surface area contributed by atoms with E-state index < -0.39 is 12.0 Å². The third-order valence-electron chi connectivity index (χ3n) is 5.42. The minimum Gasteiger partial charge on any atom is -0.480 e. The summed E-state index contributed by atoms with van der Waals surface area (Å²) >= 11 is 0. The summed E-state index contributed by atoms with van der Waals surface area (Å²) in [5.74, 6) is -0.729. The fourth-order valence-corrected chi connectivity index (χ4v) is 3.58. The molecule has 0 spiro atoms. The van der Waals surface area contributed by atoms with Crippen LogP contribution in [-0.2, 0) is 4.79 Å². The second-order valence-corrected chi connectivity index (χ2v) is 8.08. The molecule has 0 aliphatic carbocycles. The van der Waals surface area contributed by atoms with E-state index in [4.69, 9.17) is 5.73 Å². The van der Waals surface area contributed by atoms with Crippen molar-refractivity contribution in [2.45, 2.75) is 129 Å². The Morgan fingerprint density at radius 1 is 0.741 bits per heavy atom. The Morgan fingerprint density at radius 2 is 1.19 bits per heavy atom. The van der Waals surface area contributed by atoms with Gasteiger partial charge in [-0.05, 0) is 32.4 Å². The molecule has 0 fully saturated rings. The topological polar surface area (TPSA) is 75.3 Å². The van der Waals surface area contributed by atoms with E-state index in [1.165, 1.54) is 89.9 Å². The lowest BCUT2D eigenvalue weighted by Gasteiger charge is -2.14. The van der Waals surface area contributed by atoms with Crippen molar-refractivity contribution < 1.29 is 9.90 Å².